The van der Waals surface area contributed by atoms with E-state index in [1.165, 1.54) is 6.20 Å². The second kappa shape index (κ2) is 4.34. The van der Waals surface area contributed by atoms with Crippen LogP contribution in [0.2, 0.25) is 0 Å². The van der Waals surface area contributed by atoms with E-state index in [1.54, 1.807) is 12.3 Å². The first kappa shape index (κ1) is 10.1. The quantitative estimate of drug-likeness (QED) is 0.844. The second-order valence-corrected chi connectivity index (χ2v) is 3.47. The standard InChI is InChI=1S/C8H8BrNO3/c9-6-1-5(3-10-4-6)7(11)2-8(12)13/h1,3-4,7,11H,2H2,(H,12,13)/t7-/m0/s1. The monoisotopic (exact) mass is 245 g/mol. The van der Waals surface area contributed by atoms with Crippen LogP contribution in [0, 0.1) is 0 Å². The number of rotatable bonds is 3. The van der Waals surface area contributed by atoms with E-state index in [4.69, 9.17) is 5.11 Å². The summed E-state index contributed by atoms with van der Waals surface area (Å²) in [7, 11) is 0. The lowest BCUT2D eigenvalue weighted by Crippen LogP contribution is -2.05. The van der Waals surface area contributed by atoms with Gasteiger partial charge in [-0.15, -0.1) is 0 Å². The molecule has 0 aliphatic heterocycles. The van der Waals surface area contributed by atoms with Gasteiger partial charge >= 0.3 is 5.97 Å². The van der Waals surface area contributed by atoms with E-state index < -0.39 is 12.1 Å². The van der Waals surface area contributed by atoms with Crippen LogP contribution in [-0.4, -0.2) is 21.2 Å². The van der Waals surface area contributed by atoms with E-state index in [-0.39, 0.29) is 6.42 Å². The molecule has 2 N–H and O–H groups in total. The maximum atomic E-state index is 10.3. The van der Waals surface area contributed by atoms with E-state index >= 15 is 0 Å². The first-order chi connectivity index (χ1) is 6.09. The molecular weight excluding hydrogens is 238 g/mol. The molecule has 0 amide bonds. The summed E-state index contributed by atoms with van der Waals surface area (Å²) in [4.78, 5) is 14.1. The highest BCUT2D eigenvalue weighted by Gasteiger charge is 2.12. The predicted octanol–water partition coefficient (Wildman–Crippen LogP) is 1.35. The Balaban J connectivity index is 2.76. The number of aliphatic carboxylic acids is 1. The first-order valence-corrected chi connectivity index (χ1v) is 4.39. The molecule has 0 aliphatic rings. The van der Waals surface area contributed by atoms with E-state index in [1.807, 2.05) is 0 Å². The first-order valence-electron chi connectivity index (χ1n) is 3.60. The molecule has 0 saturated carbocycles. The van der Waals surface area contributed by atoms with Crippen molar-refractivity contribution in [2.24, 2.45) is 0 Å². The molecule has 0 unspecified atom stereocenters. The van der Waals surface area contributed by atoms with Crippen LogP contribution >= 0.6 is 15.9 Å². The zero-order valence-corrected chi connectivity index (χ0v) is 8.23. The van der Waals surface area contributed by atoms with Gasteiger partial charge in [-0.05, 0) is 22.0 Å². The fourth-order valence-corrected chi connectivity index (χ4v) is 1.28. The van der Waals surface area contributed by atoms with Gasteiger partial charge in [0.25, 0.3) is 0 Å². The highest BCUT2D eigenvalue weighted by atomic mass is 79.9. The lowest BCUT2D eigenvalue weighted by atomic mass is 10.1. The zero-order chi connectivity index (χ0) is 9.84. The van der Waals surface area contributed by atoms with Crippen molar-refractivity contribution in [2.75, 3.05) is 0 Å². The largest absolute Gasteiger partial charge is 0.481 e. The number of carboxylic acids is 1. The molecule has 1 aromatic heterocycles. The molecule has 0 radical (unpaired) electrons. The van der Waals surface area contributed by atoms with Gasteiger partial charge in [0, 0.05) is 22.4 Å². The summed E-state index contributed by atoms with van der Waals surface area (Å²) >= 11 is 3.18. The molecule has 1 heterocycles. The van der Waals surface area contributed by atoms with Gasteiger partial charge in [-0.2, -0.15) is 0 Å². The van der Waals surface area contributed by atoms with Gasteiger partial charge in [0.1, 0.15) is 0 Å². The summed E-state index contributed by atoms with van der Waals surface area (Å²) in [6, 6.07) is 1.64. The lowest BCUT2D eigenvalue weighted by Gasteiger charge is -2.07. The minimum Gasteiger partial charge on any atom is -0.481 e. The summed E-state index contributed by atoms with van der Waals surface area (Å²) in [5.74, 6) is -1.03. The molecule has 0 bridgehead atoms. The summed E-state index contributed by atoms with van der Waals surface area (Å²) < 4.78 is 0.717. The molecule has 70 valence electrons. The van der Waals surface area contributed by atoms with Gasteiger partial charge < -0.3 is 10.2 Å². The van der Waals surface area contributed by atoms with Gasteiger partial charge in [-0.25, -0.2) is 0 Å². The number of hydrogen-bond donors (Lipinski definition) is 2. The number of halogens is 1. The van der Waals surface area contributed by atoms with Crippen LogP contribution < -0.4 is 0 Å². The van der Waals surface area contributed by atoms with Crippen LogP contribution in [0.4, 0.5) is 0 Å². The number of hydrogen-bond acceptors (Lipinski definition) is 3. The van der Waals surface area contributed by atoms with Crippen molar-refractivity contribution >= 4 is 21.9 Å². The molecule has 13 heavy (non-hydrogen) atoms. The minimum absolute atomic E-state index is 0.307. The van der Waals surface area contributed by atoms with Gasteiger partial charge in [-0.1, -0.05) is 0 Å². The number of carboxylic acid groups (broad SMARTS) is 1. The maximum Gasteiger partial charge on any atom is 0.306 e. The van der Waals surface area contributed by atoms with E-state index in [0.29, 0.717) is 5.56 Å². The molecule has 1 aromatic rings. The van der Waals surface area contributed by atoms with Gasteiger partial charge in [-0.3, -0.25) is 9.78 Å². The van der Waals surface area contributed by atoms with Gasteiger partial charge in [0.2, 0.25) is 0 Å². The Bertz CT molecular complexity index is 316. The maximum absolute atomic E-state index is 10.3. The third-order valence-electron chi connectivity index (χ3n) is 1.48. The third-order valence-corrected chi connectivity index (χ3v) is 1.91. The fourth-order valence-electron chi connectivity index (χ4n) is 0.894. The molecule has 1 atom stereocenters. The fraction of sp³-hybridized carbons (Fsp3) is 0.250. The number of carbonyl (C=O) groups is 1. The minimum atomic E-state index is -1.03. The lowest BCUT2D eigenvalue weighted by molar-refractivity contribution is -0.139. The van der Waals surface area contributed by atoms with Crippen LogP contribution in [0.5, 0.6) is 0 Å². The summed E-state index contributed by atoms with van der Waals surface area (Å²) in [5, 5.41) is 17.8. The van der Waals surface area contributed by atoms with E-state index in [2.05, 4.69) is 20.9 Å². The Morgan fingerprint density at radius 2 is 2.31 bits per heavy atom. The summed E-state index contributed by atoms with van der Waals surface area (Å²) in [6.07, 6.45) is 1.70. The Hall–Kier alpha value is -0.940. The van der Waals surface area contributed by atoms with Crippen LogP contribution in [0.15, 0.2) is 22.9 Å². The Morgan fingerprint density at radius 3 is 2.85 bits per heavy atom. The SMILES string of the molecule is O=C(O)C[C@H](O)c1cncc(Br)c1. The molecule has 0 fully saturated rings. The van der Waals surface area contributed by atoms with Crippen molar-refractivity contribution in [3.05, 3.63) is 28.5 Å². The van der Waals surface area contributed by atoms with Crippen LogP contribution in [0.25, 0.3) is 0 Å². The molecule has 0 saturated heterocycles. The van der Waals surface area contributed by atoms with Crippen molar-refractivity contribution in [3.8, 4) is 0 Å². The molecule has 4 nitrogen and oxygen atoms in total. The van der Waals surface area contributed by atoms with E-state index in [0.717, 1.165) is 4.47 Å². The number of aliphatic hydroxyl groups is 1. The van der Waals surface area contributed by atoms with Crippen molar-refractivity contribution in [1.82, 2.24) is 4.98 Å². The van der Waals surface area contributed by atoms with Crippen molar-refractivity contribution in [1.29, 1.82) is 0 Å². The smallest absolute Gasteiger partial charge is 0.306 e. The predicted molar refractivity (Wildman–Crippen MR) is 49.1 cm³/mol. The molecule has 5 heteroatoms. The molecule has 1 rings (SSSR count). The van der Waals surface area contributed by atoms with E-state index in [9.17, 15) is 9.90 Å². The van der Waals surface area contributed by atoms with Gasteiger partial charge in [0.05, 0.1) is 12.5 Å². The second-order valence-electron chi connectivity index (χ2n) is 2.55. The topological polar surface area (TPSA) is 70.4 Å². The molecule has 0 spiro atoms. The van der Waals surface area contributed by atoms with Crippen molar-refractivity contribution < 1.29 is 15.0 Å². The number of pyridine rings is 1. The Labute approximate surface area is 83.4 Å². The molecular formula is C8H8BrNO3. The van der Waals surface area contributed by atoms with Crippen LogP contribution in [0.1, 0.15) is 18.1 Å². The average Bonchev–Trinajstić information content (AvgIpc) is 2.03. The highest BCUT2D eigenvalue weighted by molar-refractivity contribution is 9.10. The Morgan fingerprint density at radius 1 is 1.62 bits per heavy atom. The van der Waals surface area contributed by atoms with Crippen LogP contribution in [0.3, 0.4) is 0 Å². The highest BCUT2D eigenvalue weighted by Crippen LogP contribution is 2.18. The van der Waals surface area contributed by atoms with Crippen molar-refractivity contribution in [3.63, 3.8) is 0 Å². The number of aliphatic hydroxyl groups excluding tert-OH is 1. The summed E-state index contributed by atoms with van der Waals surface area (Å²) in [6.45, 7) is 0. The van der Waals surface area contributed by atoms with Crippen LogP contribution in [-0.2, 0) is 4.79 Å². The molecule has 0 aliphatic carbocycles. The number of aromatic nitrogens is 1. The van der Waals surface area contributed by atoms with Gasteiger partial charge in [0.15, 0.2) is 0 Å². The third kappa shape index (κ3) is 3.12. The average molecular weight is 246 g/mol. The molecule has 0 aromatic carbocycles. The normalized spacial score (nSPS) is 12.5. The Kier molecular flexibility index (Phi) is 3.39. The zero-order valence-electron chi connectivity index (χ0n) is 6.64. The van der Waals surface area contributed by atoms with Crippen molar-refractivity contribution in [2.45, 2.75) is 12.5 Å². The summed E-state index contributed by atoms with van der Waals surface area (Å²) in [5.41, 5.74) is 0.497. The number of nitrogens with zero attached hydrogens (tertiary/aromatic N) is 1.